The third kappa shape index (κ3) is 4.29. The van der Waals surface area contributed by atoms with Gasteiger partial charge in [0.05, 0.1) is 48.7 Å². The lowest BCUT2D eigenvalue weighted by atomic mass is 9.67. The van der Waals surface area contributed by atoms with Crippen molar-refractivity contribution in [3.8, 4) is 43.9 Å². The minimum Gasteiger partial charge on any atom is -0.497 e. The quantitative estimate of drug-likeness (QED) is 0.155. The highest BCUT2D eigenvalue weighted by Crippen LogP contribution is 2.68. The molecule has 0 bridgehead atoms. The molecule has 54 heavy (non-hydrogen) atoms. The Labute approximate surface area is 322 Å². The first kappa shape index (κ1) is 32.8. The summed E-state index contributed by atoms with van der Waals surface area (Å²) in [5.41, 5.74) is 11.4. The third-order valence-corrected chi connectivity index (χ3v) is 14.1. The second kappa shape index (κ2) is 12.4. The number of hydrogen-bond acceptors (Lipinski definition) is 6. The van der Waals surface area contributed by atoms with Crippen LogP contribution in [0, 0.1) is 0 Å². The summed E-state index contributed by atoms with van der Waals surface area (Å²) in [6.45, 7) is 0. The van der Waals surface area contributed by atoms with Crippen LogP contribution in [0.1, 0.15) is 44.5 Å². The molecule has 10 rings (SSSR count). The fraction of sp³-hybridized carbons (Fsp3) is 0.125. The van der Waals surface area contributed by atoms with Gasteiger partial charge in [-0.3, -0.25) is 0 Å². The van der Waals surface area contributed by atoms with E-state index in [1.165, 1.54) is 74.8 Å². The van der Waals surface area contributed by atoms with Gasteiger partial charge in [0.15, 0.2) is 0 Å². The van der Waals surface area contributed by atoms with Crippen LogP contribution < -0.4 is 18.9 Å². The Bertz CT molecular complexity index is 2400. The van der Waals surface area contributed by atoms with Gasteiger partial charge < -0.3 is 18.9 Å². The monoisotopic (exact) mass is 740 g/mol. The maximum atomic E-state index is 5.68. The topological polar surface area (TPSA) is 36.9 Å². The Balaban J connectivity index is 1.35. The summed E-state index contributed by atoms with van der Waals surface area (Å²) in [4.78, 5) is 2.63. The van der Waals surface area contributed by atoms with Crippen molar-refractivity contribution < 1.29 is 18.9 Å². The van der Waals surface area contributed by atoms with Crippen LogP contribution in [-0.4, -0.2) is 28.4 Å². The van der Waals surface area contributed by atoms with Crippen molar-refractivity contribution in [2.75, 3.05) is 28.4 Å². The van der Waals surface area contributed by atoms with Gasteiger partial charge in [0.25, 0.3) is 0 Å². The van der Waals surface area contributed by atoms with Crippen molar-refractivity contribution in [2.24, 2.45) is 0 Å². The summed E-state index contributed by atoms with van der Waals surface area (Å²) in [6.07, 6.45) is 0. The van der Waals surface area contributed by atoms with E-state index in [2.05, 4.69) is 146 Å². The molecule has 0 fully saturated rings. The van der Waals surface area contributed by atoms with Crippen LogP contribution in [-0.2, 0) is 10.8 Å². The van der Waals surface area contributed by atoms with Crippen molar-refractivity contribution in [3.63, 3.8) is 0 Å². The van der Waals surface area contributed by atoms with E-state index in [9.17, 15) is 0 Å². The van der Waals surface area contributed by atoms with Gasteiger partial charge in [0.2, 0.25) is 0 Å². The van der Waals surface area contributed by atoms with Crippen molar-refractivity contribution in [1.29, 1.82) is 0 Å². The van der Waals surface area contributed by atoms with Crippen LogP contribution in [0.15, 0.2) is 146 Å². The Kier molecular flexibility index (Phi) is 7.52. The Hall–Kier alpha value is -5.82. The molecule has 4 nitrogen and oxygen atoms in total. The van der Waals surface area contributed by atoms with E-state index >= 15 is 0 Å². The zero-order valence-electron chi connectivity index (χ0n) is 30.3. The first-order chi connectivity index (χ1) is 26.6. The maximum absolute atomic E-state index is 5.68. The van der Waals surface area contributed by atoms with Crippen LogP contribution in [0.4, 0.5) is 0 Å². The molecule has 0 saturated carbocycles. The van der Waals surface area contributed by atoms with E-state index in [0.717, 1.165) is 23.0 Å². The smallest absolute Gasteiger partial charge is 0.118 e. The SMILES string of the molecule is COc1ccc(C2(c3ccc(OC)cc3)c3ccccc3-c3sc4c5c(sc4c32)-c2ccccc2C5(c2ccc(OC)cc2)c2ccc(OC)cc2)cc1. The van der Waals surface area contributed by atoms with Gasteiger partial charge in [-0.05, 0) is 93.0 Å². The van der Waals surface area contributed by atoms with Crippen LogP contribution >= 0.6 is 22.7 Å². The summed E-state index contributed by atoms with van der Waals surface area (Å²) >= 11 is 3.87. The molecule has 2 aliphatic rings. The average Bonchev–Trinajstić information content (AvgIpc) is 3.95. The van der Waals surface area contributed by atoms with Gasteiger partial charge in [0, 0.05) is 20.9 Å². The highest BCUT2D eigenvalue weighted by atomic mass is 32.1. The van der Waals surface area contributed by atoms with Gasteiger partial charge >= 0.3 is 0 Å². The van der Waals surface area contributed by atoms with Gasteiger partial charge in [-0.2, -0.15) is 0 Å². The van der Waals surface area contributed by atoms with Crippen LogP contribution in [0.5, 0.6) is 23.0 Å². The van der Waals surface area contributed by atoms with Crippen molar-refractivity contribution in [3.05, 3.63) is 190 Å². The fourth-order valence-electron chi connectivity index (χ4n) is 9.18. The molecule has 0 saturated heterocycles. The number of thiophene rings is 2. The molecule has 2 heterocycles. The Morgan fingerprint density at radius 2 is 0.630 bits per heavy atom. The number of benzene rings is 6. The van der Waals surface area contributed by atoms with Gasteiger partial charge in [-0.15, -0.1) is 22.7 Å². The largest absolute Gasteiger partial charge is 0.497 e. The minimum atomic E-state index is -0.580. The maximum Gasteiger partial charge on any atom is 0.118 e. The molecule has 2 aliphatic carbocycles. The van der Waals surface area contributed by atoms with Crippen molar-refractivity contribution in [2.45, 2.75) is 10.8 Å². The van der Waals surface area contributed by atoms with E-state index in [1.54, 1.807) is 28.4 Å². The number of fused-ring (bicyclic) bond motifs is 9. The first-order valence-corrected chi connectivity index (χ1v) is 19.6. The Morgan fingerprint density at radius 1 is 0.352 bits per heavy atom. The molecule has 0 aliphatic heterocycles. The van der Waals surface area contributed by atoms with Gasteiger partial charge in [0.1, 0.15) is 23.0 Å². The lowest BCUT2D eigenvalue weighted by Gasteiger charge is -2.34. The van der Waals surface area contributed by atoms with Crippen molar-refractivity contribution >= 4 is 32.1 Å². The molecule has 6 aromatic carbocycles. The molecule has 0 amide bonds. The molecule has 0 atom stereocenters. The predicted octanol–water partition coefficient (Wildman–Crippen LogP) is 11.7. The van der Waals surface area contributed by atoms with E-state index in [4.69, 9.17) is 18.9 Å². The van der Waals surface area contributed by atoms with E-state index in [-0.39, 0.29) is 0 Å². The van der Waals surface area contributed by atoms with Gasteiger partial charge in [-0.25, -0.2) is 0 Å². The molecule has 0 unspecified atom stereocenters. The normalized spacial score (nSPS) is 14.2. The summed E-state index contributed by atoms with van der Waals surface area (Å²) < 4.78 is 25.4. The second-order valence-corrected chi connectivity index (χ2v) is 15.8. The highest BCUT2D eigenvalue weighted by Gasteiger charge is 2.53. The molecule has 264 valence electrons. The molecule has 0 N–H and O–H groups in total. The number of ether oxygens (including phenoxy) is 4. The molecule has 2 aromatic heterocycles. The first-order valence-electron chi connectivity index (χ1n) is 18.0. The second-order valence-electron chi connectivity index (χ2n) is 13.8. The van der Waals surface area contributed by atoms with E-state index < -0.39 is 10.8 Å². The fourth-order valence-corrected chi connectivity index (χ4v) is 12.4. The van der Waals surface area contributed by atoms with E-state index in [1.807, 2.05) is 22.7 Å². The molecular formula is C48H36O4S2. The number of methoxy groups -OCH3 is 4. The average molecular weight is 741 g/mol. The van der Waals surface area contributed by atoms with Crippen LogP contribution in [0.3, 0.4) is 0 Å². The molecule has 0 radical (unpaired) electrons. The summed E-state index contributed by atoms with van der Waals surface area (Å²) in [5, 5.41) is 0. The number of hydrogen-bond donors (Lipinski definition) is 0. The molecule has 0 spiro atoms. The van der Waals surface area contributed by atoms with Crippen molar-refractivity contribution in [1.82, 2.24) is 0 Å². The number of rotatable bonds is 8. The summed E-state index contributed by atoms with van der Waals surface area (Å²) in [6, 6.07) is 52.6. The predicted molar refractivity (Wildman–Crippen MR) is 221 cm³/mol. The lowest BCUT2D eigenvalue weighted by Crippen LogP contribution is -2.29. The minimum absolute atomic E-state index is 0.580. The summed E-state index contributed by atoms with van der Waals surface area (Å²) in [7, 11) is 6.90. The highest BCUT2D eigenvalue weighted by molar-refractivity contribution is 7.32. The van der Waals surface area contributed by atoms with Gasteiger partial charge in [-0.1, -0.05) is 97.1 Å². The zero-order chi connectivity index (χ0) is 36.6. The molecule has 8 aromatic rings. The molecular weight excluding hydrogens is 705 g/mol. The standard InChI is InChI=1S/C48H36O4S2/c1-49-33-21-13-29(14-22-33)47(30-15-23-34(50-2)24-16-30)39-11-7-5-9-37(39)43-41(47)45-46(53-43)42-44(54-45)38-10-6-8-12-40(38)48(42,31-17-25-35(51-3)26-18-31)32-19-27-36(52-4)28-20-32/h5-28H,1-4H3. The Morgan fingerprint density at radius 3 is 0.907 bits per heavy atom. The summed E-state index contributed by atoms with van der Waals surface area (Å²) in [5.74, 6) is 3.34. The van der Waals surface area contributed by atoms with Crippen LogP contribution in [0.2, 0.25) is 0 Å². The zero-order valence-corrected chi connectivity index (χ0v) is 31.9. The third-order valence-electron chi connectivity index (χ3n) is 11.5. The van der Waals surface area contributed by atoms with E-state index in [0.29, 0.717) is 0 Å². The molecule has 6 heteroatoms. The lowest BCUT2D eigenvalue weighted by molar-refractivity contribution is 0.414. The van der Waals surface area contributed by atoms with Crippen LogP contribution in [0.25, 0.3) is 30.3 Å².